The molecule has 7 heteroatoms. The van der Waals surface area contributed by atoms with E-state index in [1.807, 2.05) is 12.7 Å². The van der Waals surface area contributed by atoms with Gasteiger partial charge in [0, 0.05) is 16.5 Å². The Morgan fingerprint density at radius 1 is 0.667 bits per heavy atom. The molecule has 2 aliphatic heterocycles. The summed E-state index contributed by atoms with van der Waals surface area (Å²) in [6, 6.07) is 30.8. The third kappa shape index (κ3) is 2.15. The monoisotopic (exact) mass is 537 g/mol. The summed E-state index contributed by atoms with van der Waals surface area (Å²) in [7, 11) is 2.20. The standard InChI is InChI=1S/C35H22BN6/c1-19-28-29(20-9-3-4-14-25(20)42-27-16-6-5-15-26(27)39(2)35(28)42)34-30-31(19)40-17-37-23-12-7-10-21(32(23)40)36(30)22-11-8-13-24-33(22)41(34)18-38-24/h3-18H,1-2H3/q+1. The van der Waals surface area contributed by atoms with E-state index in [0.29, 0.717) is 0 Å². The van der Waals surface area contributed by atoms with Crippen LogP contribution in [0, 0.1) is 6.92 Å². The van der Waals surface area contributed by atoms with Crippen molar-refractivity contribution in [2.75, 3.05) is 0 Å². The number of nitrogens with zero attached hydrogens (tertiary/aromatic N) is 6. The van der Waals surface area contributed by atoms with E-state index in [2.05, 4.69) is 117 Å². The van der Waals surface area contributed by atoms with Crippen molar-refractivity contribution in [1.29, 1.82) is 0 Å². The maximum Gasteiger partial charge on any atom is 0.295 e. The second-order valence-corrected chi connectivity index (χ2v) is 11.8. The van der Waals surface area contributed by atoms with Gasteiger partial charge in [0.25, 0.3) is 12.4 Å². The van der Waals surface area contributed by atoms with Gasteiger partial charge in [0.15, 0.2) is 11.0 Å². The molecule has 6 heterocycles. The third-order valence-electron chi connectivity index (χ3n) is 9.97. The second kappa shape index (κ2) is 6.89. The quantitative estimate of drug-likeness (QED) is 0.164. The third-order valence-corrected chi connectivity index (χ3v) is 9.97. The lowest BCUT2D eigenvalue weighted by molar-refractivity contribution is -0.617. The molecular weight excluding hydrogens is 515 g/mol. The number of hydrogen-bond donors (Lipinski definition) is 0. The Labute approximate surface area is 239 Å². The summed E-state index contributed by atoms with van der Waals surface area (Å²) in [6.07, 6.45) is 4.06. The molecule has 0 spiro atoms. The van der Waals surface area contributed by atoms with Crippen LogP contribution in [0.3, 0.4) is 0 Å². The summed E-state index contributed by atoms with van der Waals surface area (Å²) < 4.78 is 9.55. The maximum atomic E-state index is 4.95. The largest absolute Gasteiger partial charge is 0.300 e. The van der Waals surface area contributed by atoms with Crippen LogP contribution in [0.25, 0.3) is 71.8 Å². The number of pyridine rings is 1. The van der Waals surface area contributed by atoms with Gasteiger partial charge in [0.2, 0.25) is 0 Å². The first-order valence-electron chi connectivity index (χ1n) is 14.4. The average molecular weight is 537 g/mol. The molecule has 0 unspecified atom stereocenters. The lowest BCUT2D eigenvalue weighted by Crippen LogP contribution is -2.59. The number of aryl methyl sites for hydroxylation is 2. The van der Waals surface area contributed by atoms with Gasteiger partial charge in [-0.3, -0.25) is 9.13 Å². The fraction of sp³-hybridized carbons (Fsp3) is 0.0571. The van der Waals surface area contributed by atoms with Crippen molar-refractivity contribution in [2.45, 2.75) is 6.92 Å². The van der Waals surface area contributed by atoms with Crippen LogP contribution < -0.4 is 21.0 Å². The predicted molar refractivity (Wildman–Crippen MR) is 170 cm³/mol. The molecule has 11 rings (SSSR count). The number of hydrogen-bond acceptors (Lipinski definition) is 2. The van der Waals surface area contributed by atoms with Crippen molar-refractivity contribution in [3.05, 3.63) is 103 Å². The zero-order valence-electron chi connectivity index (χ0n) is 23.0. The lowest BCUT2D eigenvalue weighted by atomic mass is 9.34. The SMILES string of the molecule is Cc1c2c3c(c4c5ccccc5n5c6ccccc6[n+](C)c5c14)-n1cnc4cccc(c41)B3c1cccc3ncn-2c13. The Balaban J connectivity index is 1.53. The van der Waals surface area contributed by atoms with Crippen LogP contribution in [0.15, 0.2) is 97.6 Å². The fourth-order valence-corrected chi connectivity index (χ4v) is 8.44. The molecule has 0 atom stereocenters. The van der Waals surface area contributed by atoms with Crippen LogP contribution in [0.4, 0.5) is 0 Å². The zero-order chi connectivity index (χ0) is 27.4. The van der Waals surface area contributed by atoms with Gasteiger partial charge in [-0.1, -0.05) is 48.5 Å². The van der Waals surface area contributed by atoms with Crippen molar-refractivity contribution in [3.63, 3.8) is 0 Å². The highest BCUT2D eigenvalue weighted by Crippen LogP contribution is 2.41. The number of fused-ring (bicyclic) bond motifs is 13. The van der Waals surface area contributed by atoms with E-state index in [-0.39, 0.29) is 6.71 Å². The minimum atomic E-state index is 0.0912. The first kappa shape index (κ1) is 21.3. The van der Waals surface area contributed by atoms with Gasteiger partial charge in [0.05, 0.1) is 40.2 Å². The molecule has 6 nitrogen and oxygen atoms in total. The van der Waals surface area contributed by atoms with Gasteiger partial charge < -0.3 is 0 Å². The minimum Gasteiger partial charge on any atom is -0.300 e. The summed E-state index contributed by atoms with van der Waals surface area (Å²) in [5, 5.41) is 3.79. The topological polar surface area (TPSA) is 43.9 Å². The first-order valence-corrected chi connectivity index (χ1v) is 14.4. The molecule has 5 aromatic carbocycles. The molecule has 0 bridgehead atoms. The Hall–Kier alpha value is -5.43. The first-order chi connectivity index (χ1) is 20.7. The molecule has 0 radical (unpaired) electrons. The maximum absolute atomic E-state index is 4.95. The van der Waals surface area contributed by atoms with E-state index in [0.717, 1.165) is 11.0 Å². The summed E-state index contributed by atoms with van der Waals surface area (Å²) >= 11 is 0. The molecule has 0 aliphatic carbocycles. The smallest absolute Gasteiger partial charge is 0.295 e. The van der Waals surface area contributed by atoms with Crippen molar-refractivity contribution in [1.82, 2.24) is 23.5 Å². The molecule has 9 aromatic rings. The summed E-state index contributed by atoms with van der Waals surface area (Å²) in [5.74, 6) is 0. The number of imidazole rings is 3. The van der Waals surface area contributed by atoms with E-state index in [1.54, 1.807) is 0 Å². The minimum absolute atomic E-state index is 0.0912. The molecular formula is C35H22BN6+. The van der Waals surface area contributed by atoms with E-state index < -0.39 is 0 Å². The Kier molecular flexibility index (Phi) is 3.50. The van der Waals surface area contributed by atoms with Gasteiger partial charge in [-0.2, -0.15) is 4.40 Å². The van der Waals surface area contributed by atoms with Gasteiger partial charge in [-0.05, 0) is 65.3 Å². The molecule has 0 fully saturated rings. The van der Waals surface area contributed by atoms with Crippen LogP contribution in [-0.4, -0.2) is 30.2 Å². The van der Waals surface area contributed by atoms with E-state index in [4.69, 9.17) is 9.97 Å². The van der Waals surface area contributed by atoms with Gasteiger partial charge in [-0.15, -0.1) is 0 Å². The van der Waals surface area contributed by atoms with Crippen LogP contribution in [0.5, 0.6) is 0 Å². The summed E-state index contributed by atoms with van der Waals surface area (Å²) in [4.78, 5) is 9.86. The van der Waals surface area contributed by atoms with Crippen molar-refractivity contribution in [3.8, 4) is 11.4 Å². The molecule has 2 aliphatic rings. The Morgan fingerprint density at radius 3 is 2.05 bits per heavy atom. The number of benzene rings is 5. The van der Waals surface area contributed by atoms with Crippen LogP contribution in [-0.2, 0) is 7.05 Å². The van der Waals surface area contributed by atoms with Crippen molar-refractivity contribution >= 4 is 83.5 Å². The highest BCUT2D eigenvalue weighted by molar-refractivity contribution is 7.00. The highest BCUT2D eigenvalue weighted by atomic mass is 15.1. The van der Waals surface area contributed by atoms with E-state index >= 15 is 0 Å². The zero-order valence-corrected chi connectivity index (χ0v) is 23.0. The lowest BCUT2D eigenvalue weighted by Gasteiger charge is -2.34. The molecule has 4 aromatic heterocycles. The molecule has 194 valence electrons. The number of rotatable bonds is 0. The molecule has 0 amide bonds. The highest BCUT2D eigenvalue weighted by Gasteiger charge is 2.42. The van der Waals surface area contributed by atoms with E-state index in [1.165, 1.54) is 82.7 Å². The van der Waals surface area contributed by atoms with Crippen LogP contribution in [0.2, 0.25) is 0 Å². The summed E-state index contributed by atoms with van der Waals surface area (Å²) in [5.41, 5.74) is 17.0. The second-order valence-electron chi connectivity index (χ2n) is 11.8. The van der Waals surface area contributed by atoms with E-state index in [9.17, 15) is 0 Å². The molecule has 42 heavy (non-hydrogen) atoms. The molecule has 0 N–H and O–H groups in total. The predicted octanol–water partition coefficient (Wildman–Crippen LogP) is 4.35. The Bertz CT molecular complexity index is 2730. The number of para-hydroxylation sites is 5. The van der Waals surface area contributed by atoms with Gasteiger partial charge >= 0.3 is 0 Å². The van der Waals surface area contributed by atoms with Crippen molar-refractivity contribution < 1.29 is 4.57 Å². The summed E-state index contributed by atoms with van der Waals surface area (Å²) in [6.45, 7) is 2.40. The number of aromatic nitrogens is 6. The average Bonchev–Trinajstić information content (AvgIpc) is 3.73. The van der Waals surface area contributed by atoms with Gasteiger partial charge in [0.1, 0.15) is 18.2 Å². The van der Waals surface area contributed by atoms with Crippen LogP contribution >= 0.6 is 0 Å². The Morgan fingerprint density at radius 2 is 1.31 bits per heavy atom. The fourth-order valence-electron chi connectivity index (χ4n) is 8.44. The molecule has 0 saturated heterocycles. The molecule has 0 saturated carbocycles. The van der Waals surface area contributed by atoms with Crippen LogP contribution in [0.1, 0.15) is 5.56 Å². The van der Waals surface area contributed by atoms with Gasteiger partial charge in [-0.25, -0.2) is 14.5 Å². The normalized spacial score (nSPS) is 13.4. The van der Waals surface area contributed by atoms with Crippen molar-refractivity contribution in [2.24, 2.45) is 7.05 Å².